The van der Waals surface area contributed by atoms with Crippen LogP contribution >= 0.6 is 57.7 Å². The zero-order valence-electron chi connectivity index (χ0n) is 25.0. The van der Waals surface area contributed by atoms with Gasteiger partial charge in [-0.25, -0.2) is 19.1 Å². The molecule has 0 saturated heterocycles. The fourth-order valence-electron chi connectivity index (χ4n) is 4.59. The first-order chi connectivity index (χ1) is 22.8. The molecule has 20 heteroatoms. The lowest BCUT2D eigenvalue weighted by molar-refractivity contribution is 0.0984. The van der Waals surface area contributed by atoms with Crippen molar-refractivity contribution in [2.75, 3.05) is 17.4 Å². The number of nitrogens with zero attached hydrogens (tertiary/aromatic N) is 9. The molecular formula is C28H21Cl4N11O4S. The SMILES string of the molecule is Cc1c(C(=O)Nn2c(=O)[nH]c3nc(N(C)C(=O)c4nnn(Cc5ccc(Cl)c(Cl)c5)c4C)sc3c2=O)nnn1Cc1ccc(Cl)c(Cl)c1. The third-order valence-corrected chi connectivity index (χ3v) is 9.86. The van der Waals surface area contributed by atoms with Gasteiger partial charge in [-0.1, -0.05) is 80.3 Å². The molecule has 48 heavy (non-hydrogen) atoms. The van der Waals surface area contributed by atoms with Gasteiger partial charge in [0.05, 0.1) is 44.6 Å². The lowest BCUT2D eigenvalue weighted by Crippen LogP contribution is -2.43. The Labute approximate surface area is 293 Å². The predicted molar refractivity (Wildman–Crippen MR) is 182 cm³/mol. The molecule has 0 aliphatic heterocycles. The lowest BCUT2D eigenvalue weighted by Gasteiger charge is -2.12. The third kappa shape index (κ3) is 6.32. The summed E-state index contributed by atoms with van der Waals surface area (Å²) >= 11 is 25.0. The van der Waals surface area contributed by atoms with Gasteiger partial charge in [0.1, 0.15) is 4.70 Å². The number of H-pyrrole nitrogens is 1. The van der Waals surface area contributed by atoms with Crippen LogP contribution in [0.1, 0.15) is 43.5 Å². The van der Waals surface area contributed by atoms with E-state index < -0.39 is 23.1 Å². The van der Waals surface area contributed by atoms with Gasteiger partial charge in [-0.15, -0.1) is 10.2 Å². The van der Waals surface area contributed by atoms with Gasteiger partial charge in [-0.3, -0.25) is 29.7 Å². The molecular weight excluding hydrogens is 728 g/mol. The number of aromatic nitrogens is 9. The molecule has 6 rings (SSSR count). The number of nitrogens with one attached hydrogen (secondary N) is 2. The number of rotatable bonds is 8. The van der Waals surface area contributed by atoms with Crippen molar-refractivity contribution in [2.45, 2.75) is 26.9 Å². The molecule has 246 valence electrons. The Kier molecular flexibility index (Phi) is 9.10. The maximum atomic E-state index is 13.4. The fraction of sp³-hybridized carbons (Fsp3) is 0.179. The number of aromatic amines is 1. The molecule has 4 heterocycles. The van der Waals surface area contributed by atoms with Crippen molar-refractivity contribution in [3.05, 3.63) is 111 Å². The Morgan fingerprint density at radius 2 is 1.40 bits per heavy atom. The molecule has 2 N–H and O–H groups in total. The van der Waals surface area contributed by atoms with Crippen LogP contribution in [0.5, 0.6) is 0 Å². The Balaban J connectivity index is 1.21. The first-order valence-electron chi connectivity index (χ1n) is 13.8. The van der Waals surface area contributed by atoms with E-state index in [1.165, 1.54) is 21.3 Å². The maximum Gasteiger partial charge on any atom is 0.349 e. The summed E-state index contributed by atoms with van der Waals surface area (Å²) < 4.78 is 3.47. The molecule has 0 aliphatic carbocycles. The van der Waals surface area contributed by atoms with Crippen molar-refractivity contribution in [3.63, 3.8) is 0 Å². The number of amides is 2. The highest BCUT2D eigenvalue weighted by molar-refractivity contribution is 7.22. The average Bonchev–Trinajstić information content (AvgIpc) is 3.75. The predicted octanol–water partition coefficient (Wildman–Crippen LogP) is 4.32. The van der Waals surface area contributed by atoms with Crippen LogP contribution in [-0.2, 0) is 13.1 Å². The zero-order chi connectivity index (χ0) is 34.4. The van der Waals surface area contributed by atoms with Crippen LogP contribution in [-0.4, -0.2) is 63.5 Å². The third-order valence-electron chi connectivity index (χ3n) is 7.26. The molecule has 2 amide bonds. The van der Waals surface area contributed by atoms with Gasteiger partial charge < -0.3 is 0 Å². The van der Waals surface area contributed by atoms with E-state index >= 15 is 0 Å². The smallest absolute Gasteiger partial charge is 0.289 e. The van der Waals surface area contributed by atoms with Crippen LogP contribution in [0.4, 0.5) is 5.13 Å². The second kappa shape index (κ2) is 13.1. The lowest BCUT2D eigenvalue weighted by atomic mass is 10.2. The second-order valence-electron chi connectivity index (χ2n) is 10.4. The number of halogens is 4. The van der Waals surface area contributed by atoms with Crippen LogP contribution in [0, 0.1) is 13.8 Å². The Hall–Kier alpha value is -4.61. The molecule has 0 bridgehead atoms. The summed E-state index contributed by atoms with van der Waals surface area (Å²) in [6.45, 7) is 3.81. The summed E-state index contributed by atoms with van der Waals surface area (Å²) in [6, 6.07) is 10.2. The molecule has 0 fully saturated rings. The molecule has 0 radical (unpaired) electrons. The summed E-state index contributed by atoms with van der Waals surface area (Å²) in [6.07, 6.45) is 0. The average molecular weight is 749 g/mol. The van der Waals surface area contributed by atoms with Crippen molar-refractivity contribution in [2.24, 2.45) is 0 Å². The summed E-state index contributed by atoms with van der Waals surface area (Å²) in [5, 5.41) is 17.7. The van der Waals surface area contributed by atoms with E-state index in [1.807, 2.05) is 0 Å². The number of benzene rings is 2. The number of carbonyl (C=O) groups excluding carboxylic acids is 2. The van der Waals surface area contributed by atoms with Crippen molar-refractivity contribution < 1.29 is 9.59 Å². The number of hydrogen-bond acceptors (Lipinski definition) is 10. The highest BCUT2D eigenvalue weighted by atomic mass is 35.5. The maximum absolute atomic E-state index is 13.4. The van der Waals surface area contributed by atoms with E-state index in [9.17, 15) is 19.2 Å². The Morgan fingerprint density at radius 3 is 1.96 bits per heavy atom. The van der Waals surface area contributed by atoms with E-state index in [1.54, 1.807) is 50.2 Å². The molecule has 0 atom stereocenters. The highest BCUT2D eigenvalue weighted by Crippen LogP contribution is 2.27. The largest absolute Gasteiger partial charge is 0.349 e. The van der Waals surface area contributed by atoms with Crippen LogP contribution in [0.2, 0.25) is 20.1 Å². The van der Waals surface area contributed by atoms with E-state index in [0.29, 0.717) is 36.2 Å². The number of thiazole rings is 1. The molecule has 15 nitrogen and oxygen atoms in total. The standard InChI is InChI=1S/C28H21Cl4N11O4S/c1-12-20(35-38-41(12)10-14-4-6-16(29)18(31)8-14)24(44)37-43-26(46)22-23(33-27(43)47)34-28(48-22)40(3)25(45)21-13(2)42(39-36-21)11-15-5-7-17(30)19(32)9-15/h4-9H,10-11H2,1-3H3,(H,33,47)(H,37,44). The van der Waals surface area contributed by atoms with Crippen molar-refractivity contribution in [3.8, 4) is 0 Å². The van der Waals surface area contributed by atoms with E-state index in [4.69, 9.17) is 46.4 Å². The number of carbonyl (C=O) groups is 2. The normalized spacial score (nSPS) is 11.3. The minimum Gasteiger partial charge on any atom is -0.289 e. The molecule has 4 aromatic heterocycles. The summed E-state index contributed by atoms with van der Waals surface area (Å²) in [4.78, 5) is 60.6. The number of hydrogen-bond donors (Lipinski definition) is 2. The number of anilines is 1. The topological polar surface area (TPSA) is 179 Å². The van der Waals surface area contributed by atoms with Gasteiger partial charge in [0, 0.05) is 7.05 Å². The van der Waals surface area contributed by atoms with Gasteiger partial charge >= 0.3 is 5.69 Å². The summed E-state index contributed by atoms with van der Waals surface area (Å²) in [5.74, 6) is -1.40. The van der Waals surface area contributed by atoms with E-state index in [0.717, 1.165) is 22.5 Å². The summed E-state index contributed by atoms with van der Waals surface area (Å²) in [7, 11) is 1.44. The first-order valence-corrected chi connectivity index (χ1v) is 16.1. The first kappa shape index (κ1) is 33.3. The number of fused-ring (bicyclic) bond motifs is 1. The van der Waals surface area contributed by atoms with Crippen molar-refractivity contribution in [1.82, 2.24) is 44.6 Å². The Bertz CT molecular complexity index is 2380. The fourth-order valence-corrected chi connectivity index (χ4v) is 6.14. The Morgan fingerprint density at radius 1 is 0.854 bits per heavy atom. The van der Waals surface area contributed by atoms with E-state index in [-0.39, 0.29) is 40.0 Å². The highest BCUT2D eigenvalue weighted by Gasteiger charge is 2.26. The minimum absolute atomic E-state index is 0.0236. The van der Waals surface area contributed by atoms with Gasteiger partial charge in [0.15, 0.2) is 22.2 Å². The van der Waals surface area contributed by atoms with Gasteiger partial charge in [-0.2, -0.15) is 4.68 Å². The van der Waals surface area contributed by atoms with Crippen LogP contribution in [0.15, 0.2) is 46.0 Å². The molecule has 6 aromatic rings. The van der Waals surface area contributed by atoms with Crippen LogP contribution in [0.25, 0.3) is 10.3 Å². The molecule has 0 saturated carbocycles. The monoisotopic (exact) mass is 747 g/mol. The molecule has 0 aliphatic rings. The van der Waals surface area contributed by atoms with Gasteiger partial charge in [0.2, 0.25) is 0 Å². The van der Waals surface area contributed by atoms with Crippen LogP contribution < -0.4 is 21.6 Å². The van der Waals surface area contributed by atoms with Gasteiger partial charge in [0.25, 0.3) is 17.4 Å². The molecule has 2 aromatic carbocycles. The second-order valence-corrected chi connectivity index (χ2v) is 13.0. The summed E-state index contributed by atoms with van der Waals surface area (Å²) in [5.41, 5.74) is 2.72. The molecule has 0 unspecified atom stereocenters. The minimum atomic E-state index is -0.964. The van der Waals surface area contributed by atoms with Crippen molar-refractivity contribution >= 4 is 85.0 Å². The van der Waals surface area contributed by atoms with Crippen molar-refractivity contribution in [1.29, 1.82) is 0 Å². The van der Waals surface area contributed by atoms with E-state index in [2.05, 4.69) is 36.0 Å². The van der Waals surface area contributed by atoms with Gasteiger partial charge in [-0.05, 0) is 49.2 Å². The zero-order valence-corrected chi connectivity index (χ0v) is 28.8. The quantitative estimate of drug-likeness (QED) is 0.229. The van der Waals surface area contributed by atoms with Crippen LogP contribution in [0.3, 0.4) is 0 Å². The molecule has 0 spiro atoms.